The van der Waals surface area contributed by atoms with Crippen molar-refractivity contribution in [2.24, 2.45) is 0 Å². The van der Waals surface area contributed by atoms with Gasteiger partial charge in [-0.2, -0.15) is 0 Å². The number of hydrogen-bond donors (Lipinski definition) is 1. The summed E-state index contributed by atoms with van der Waals surface area (Å²) in [5.41, 5.74) is 1.51. The van der Waals surface area contributed by atoms with Crippen LogP contribution in [0.2, 0.25) is 0 Å². The maximum Gasteiger partial charge on any atom is 0.293 e. The molecule has 0 aromatic heterocycles. The fourth-order valence-electron chi connectivity index (χ4n) is 2.93. The summed E-state index contributed by atoms with van der Waals surface area (Å²) in [6.07, 6.45) is 0.713. The molecule has 0 atom stereocenters. The molecular weight excluding hydrogens is 258 g/mol. The maximum absolute atomic E-state index is 11.3. The lowest BCUT2D eigenvalue weighted by molar-refractivity contribution is -0.384. The van der Waals surface area contributed by atoms with Crippen molar-refractivity contribution in [1.82, 2.24) is 5.32 Å². The average molecular weight is 277 g/mol. The van der Waals surface area contributed by atoms with Crippen molar-refractivity contribution in [2.75, 3.05) is 31.1 Å². The first kappa shape index (κ1) is 13.2. The molecule has 2 heterocycles. The Balaban J connectivity index is 2.02. The highest BCUT2D eigenvalue weighted by atomic mass is 16.6. The van der Waals surface area contributed by atoms with E-state index in [1.54, 1.807) is 6.07 Å². The lowest BCUT2D eigenvalue weighted by Crippen LogP contribution is -2.43. The summed E-state index contributed by atoms with van der Waals surface area (Å²) in [5.74, 6) is 0.786. The molecule has 2 aliphatic rings. The van der Waals surface area contributed by atoms with Gasteiger partial charge in [-0.25, -0.2) is 0 Å². The summed E-state index contributed by atoms with van der Waals surface area (Å²) < 4.78 is 5.90. The first-order chi connectivity index (χ1) is 9.46. The molecule has 1 aromatic rings. The Kier molecular flexibility index (Phi) is 3.05. The van der Waals surface area contributed by atoms with E-state index in [0.717, 1.165) is 37.5 Å². The van der Waals surface area contributed by atoms with Gasteiger partial charge in [-0.15, -0.1) is 0 Å². The van der Waals surface area contributed by atoms with E-state index in [2.05, 4.69) is 10.2 Å². The third-order valence-electron chi connectivity index (χ3n) is 3.81. The van der Waals surface area contributed by atoms with Gasteiger partial charge in [0.2, 0.25) is 0 Å². The molecule has 108 valence electrons. The van der Waals surface area contributed by atoms with Gasteiger partial charge in [0.25, 0.3) is 5.69 Å². The number of nitrogens with one attached hydrogen (secondary N) is 1. The number of nitrogens with zero attached hydrogens (tertiary/aromatic N) is 2. The number of hydrogen-bond acceptors (Lipinski definition) is 5. The quantitative estimate of drug-likeness (QED) is 0.658. The predicted octanol–water partition coefficient (Wildman–Crippen LogP) is 1.72. The molecule has 6 nitrogen and oxygen atoms in total. The van der Waals surface area contributed by atoms with Crippen LogP contribution in [0.4, 0.5) is 11.4 Å². The Hall–Kier alpha value is -1.82. The summed E-state index contributed by atoms with van der Waals surface area (Å²) in [4.78, 5) is 13.1. The Morgan fingerprint density at radius 3 is 2.70 bits per heavy atom. The second-order valence-corrected chi connectivity index (χ2v) is 5.98. The highest BCUT2D eigenvalue weighted by molar-refractivity contribution is 5.69. The van der Waals surface area contributed by atoms with Crippen LogP contribution in [0.25, 0.3) is 0 Å². The zero-order valence-corrected chi connectivity index (χ0v) is 11.8. The van der Waals surface area contributed by atoms with E-state index < -0.39 is 0 Å². The molecule has 3 rings (SSSR count). The molecule has 1 fully saturated rings. The molecule has 0 spiro atoms. The van der Waals surface area contributed by atoms with Crippen LogP contribution in [-0.2, 0) is 6.42 Å². The third-order valence-corrected chi connectivity index (χ3v) is 3.81. The number of piperazine rings is 1. The lowest BCUT2D eigenvalue weighted by atomic mass is 10.0. The van der Waals surface area contributed by atoms with Crippen molar-refractivity contribution in [3.63, 3.8) is 0 Å². The Bertz CT molecular complexity index is 551. The summed E-state index contributed by atoms with van der Waals surface area (Å²) in [7, 11) is 0. The Morgan fingerprint density at radius 2 is 2.05 bits per heavy atom. The van der Waals surface area contributed by atoms with Crippen LogP contribution in [0.5, 0.6) is 5.75 Å². The van der Waals surface area contributed by atoms with E-state index in [9.17, 15) is 10.1 Å². The van der Waals surface area contributed by atoms with Crippen LogP contribution in [0.1, 0.15) is 19.4 Å². The van der Waals surface area contributed by atoms with Gasteiger partial charge in [0.05, 0.1) is 4.92 Å². The van der Waals surface area contributed by atoms with Crippen molar-refractivity contribution >= 4 is 11.4 Å². The fraction of sp³-hybridized carbons (Fsp3) is 0.571. The van der Waals surface area contributed by atoms with Crippen molar-refractivity contribution in [3.8, 4) is 5.75 Å². The van der Waals surface area contributed by atoms with Gasteiger partial charge >= 0.3 is 0 Å². The van der Waals surface area contributed by atoms with Crippen molar-refractivity contribution in [3.05, 3.63) is 27.8 Å². The zero-order chi connectivity index (χ0) is 14.3. The predicted molar refractivity (Wildman–Crippen MR) is 76.6 cm³/mol. The molecule has 0 radical (unpaired) electrons. The van der Waals surface area contributed by atoms with Crippen LogP contribution in [-0.4, -0.2) is 36.7 Å². The van der Waals surface area contributed by atoms with E-state index in [-0.39, 0.29) is 16.2 Å². The fourth-order valence-corrected chi connectivity index (χ4v) is 2.93. The molecule has 0 aliphatic carbocycles. The van der Waals surface area contributed by atoms with Gasteiger partial charge in [0.1, 0.15) is 17.0 Å². The SMILES string of the molecule is CC1(C)Cc2cc([N+](=O)[O-])c(N3CCNCC3)cc2O1. The average Bonchev–Trinajstić information content (AvgIpc) is 2.71. The lowest BCUT2D eigenvalue weighted by Gasteiger charge is -2.29. The van der Waals surface area contributed by atoms with Crippen molar-refractivity contribution < 1.29 is 9.66 Å². The molecule has 2 aliphatic heterocycles. The van der Waals surface area contributed by atoms with Gasteiger partial charge in [-0.1, -0.05) is 0 Å². The van der Waals surface area contributed by atoms with Gasteiger partial charge in [-0.3, -0.25) is 10.1 Å². The molecule has 0 amide bonds. The number of nitro groups is 1. The minimum absolute atomic E-state index is 0.187. The van der Waals surface area contributed by atoms with Gasteiger partial charge in [0.15, 0.2) is 0 Å². The van der Waals surface area contributed by atoms with E-state index in [4.69, 9.17) is 4.74 Å². The zero-order valence-electron chi connectivity index (χ0n) is 11.8. The Labute approximate surface area is 117 Å². The summed E-state index contributed by atoms with van der Waals surface area (Å²) in [5, 5.41) is 14.6. The summed E-state index contributed by atoms with van der Waals surface area (Å²) in [6.45, 7) is 7.26. The normalized spacial score (nSPS) is 20.4. The van der Waals surface area contributed by atoms with Crippen LogP contribution < -0.4 is 15.0 Å². The van der Waals surface area contributed by atoms with E-state index in [1.165, 1.54) is 0 Å². The van der Waals surface area contributed by atoms with Gasteiger partial charge in [0, 0.05) is 50.3 Å². The number of ether oxygens (including phenoxy) is 1. The molecule has 1 N–H and O–H groups in total. The minimum Gasteiger partial charge on any atom is -0.487 e. The molecule has 6 heteroatoms. The van der Waals surface area contributed by atoms with Crippen molar-refractivity contribution in [2.45, 2.75) is 25.9 Å². The molecule has 0 saturated carbocycles. The highest BCUT2D eigenvalue weighted by Crippen LogP contribution is 2.42. The topological polar surface area (TPSA) is 67.6 Å². The van der Waals surface area contributed by atoms with Crippen LogP contribution in [0.15, 0.2) is 12.1 Å². The molecular formula is C14H19N3O3. The molecule has 0 bridgehead atoms. The Morgan fingerprint density at radius 1 is 1.35 bits per heavy atom. The van der Waals surface area contributed by atoms with Gasteiger partial charge in [-0.05, 0) is 13.8 Å². The minimum atomic E-state index is -0.289. The standard InChI is InChI=1S/C14H19N3O3/c1-14(2)9-10-7-12(17(18)19)11(8-13(10)20-14)16-5-3-15-4-6-16/h7-8,15H,3-6,9H2,1-2H3. The number of fused-ring (bicyclic) bond motifs is 1. The van der Waals surface area contributed by atoms with Crippen LogP contribution in [0.3, 0.4) is 0 Å². The molecule has 20 heavy (non-hydrogen) atoms. The van der Waals surface area contributed by atoms with Crippen LogP contribution >= 0.6 is 0 Å². The van der Waals surface area contributed by atoms with Gasteiger partial charge < -0.3 is 15.0 Å². The summed E-state index contributed by atoms with van der Waals surface area (Å²) in [6, 6.07) is 3.52. The van der Waals surface area contributed by atoms with E-state index in [1.807, 2.05) is 19.9 Å². The molecule has 0 unspecified atom stereocenters. The third kappa shape index (κ3) is 2.31. The van der Waals surface area contributed by atoms with Crippen LogP contribution in [0, 0.1) is 10.1 Å². The highest BCUT2D eigenvalue weighted by Gasteiger charge is 2.34. The van der Waals surface area contributed by atoms with E-state index >= 15 is 0 Å². The second kappa shape index (κ2) is 4.63. The number of benzene rings is 1. The number of rotatable bonds is 2. The summed E-state index contributed by atoms with van der Waals surface area (Å²) >= 11 is 0. The maximum atomic E-state index is 11.3. The first-order valence-corrected chi connectivity index (χ1v) is 6.92. The smallest absolute Gasteiger partial charge is 0.293 e. The molecule has 1 aromatic carbocycles. The first-order valence-electron chi connectivity index (χ1n) is 6.92. The second-order valence-electron chi connectivity index (χ2n) is 5.98. The molecule has 1 saturated heterocycles. The van der Waals surface area contributed by atoms with E-state index in [0.29, 0.717) is 12.1 Å². The number of anilines is 1. The number of nitro benzene ring substituents is 1. The largest absolute Gasteiger partial charge is 0.487 e. The monoisotopic (exact) mass is 277 g/mol. The van der Waals surface area contributed by atoms with Crippen molar-refractivity contribution in [1.29, 1.82) is 0 Å².